The highest BCUT2D eigenvalue weighted by molar-refractivity contribution is 7.98. The zero-order valence-electron chi connectivity index (χ0n) is 19.6. The molecule has 0 fully saturated rings. The van der Waals surface area contributed by atoms with Gasteiger partial charge in [0.1, 0.15) is 6.54 Å². The lowest BCUT2D eigenvalue weighted by Crippen LogP contribution is -2.27. The molecule has 9 nitrogen and oxygen atoms in total. The van der Waals surface area contributed by atoms with Crippen LogP contribution in [-0.4, -0.2) is 54.6 Å². The van der Waals surface area contributed by atoms with E-state index in [0.717, 1.165) is 14.1 Å². The molecule has 0 aliphatic heterocycles. The number of esters is 1. The molecule has 0 aliphatic rings. The molecule has 4 rings (SSSR count). The summed E-state index contributed by atoms with van der Waals surface area (Å²) >= 11 is 7.36. The smallest absolute Gasteiger partial charge is 0.390 e. The van der Waals surface area contributed by atoms with Crippen LogP contribution in [0.25, 0.3) is 17.1 Å². The fraction of sp³-hybridized carbons (Fsp3) is 0.261. The van der Waals surface area contributed by atoms with Crippen molar-refractivity contribution in [3.8, 4) is 17.1 Å². The molecule has 37 heavy (non-hydrogen) atoms. The molecule has 2 aromatic heterocycles. The van der Waals surface area contributed by atoms with Crippen molar-refractivity contribution >= 4 is 29.3 Å². The predicted octanol–water partition coefficient (Wildman–Crippen LogP) is 4.46. The standard InChI is InChI=1S/C23H20ClF3N6O3S/c1-36-21(34)20-28-18(29-33(20)16-5-3-4-6-17(16)37-2)13-32-22(35)31(12-11-23(25,26)27)19(30-32)14-7-9-15(24)10-8-14/h3-10H,11-13H2,1-2H3. The van der Waals surface area contributed by atoms with Crippen molar-refractivity contribution in [2.75, 3.05) is 13.4 Å². The number of aromatic nitrogens is 6. The summed E-state index contributed by atoms with van der Waals surface area (Å²) in [5.41, 5.74) is 0.193. The number of methoxy groups -OCH3 is 1. The number of carbonyl (C=O) groups is 1. The molecular formula is C23H20ClF3N6O3S. The van der Waals surface area contributed by atoms with E-state index in [9.17, 15) is 22.8 Å². The fourth-order valence-electron chi connectivity index (χ4n) is 3.55. The number of hydrogen-bond acceptors (Lipinski definition) is 7. The van der Waals surface area contributed by atoms with Crippen molar-refractivity contribution < 1.29 is 22.7 Å². The van der Waals surface area contributed by atoms with Crippen LogP contribution in [0.15, 0.2) is 58.2 Å². The molecule has 0 amide bonds. The van der Waals surface area contributed by atoms with E-state index >= 15 is 0 Å². The third-order valence-electron chi connectivity index (χ3n) is 5.27. The summed E-state index contributed by atoms with van der Waals surface area (Å²) in [7, 11) is 1.20. The van der Waals surface area contributed by atoms with Crippen molar-refractivity contribution in [3.05, 3.63) is 75.7 Å². The van der Waals surface area contributed by atoms with E-state index in [2.05, 4.69) is 15.2 Å². The molecule has 0 radical (unpaired) electrons. The first-order valence-corrected chi connectivity index (χ1v) is 12.4. The largest absolute Gasteiger partial charge is 0.463 e. The van der Waals surface area contributed by atoms with Gasteiger partial charge in [0.15, 0.2) is 11.6 Å². The Labute approximate surface area is 217 Å². The number of alkyl halides is 3. The monoisotopic (exact) mass is 552 g/mol. The normalized spacial score (nSPS) is 11.6. The van der Waals surface area contributed by atoms with Gasteiger partial charge in [-0.15, -0.1) is 22.0 Å². The van der Waals surface area contributed by atoms with Crippen LogP contribution in [0.5, 0.6) is 0 Å². The van der Waals surface area contributed by atoms with Crippen LogP contribution in [0.4, 0.5) is 13.2 Å². The van der Waals surface area contributed by atoms with E-state index in [1.807, 2.05) is 18.4 Å². The first kappa shape index (κ1) is 26.5. The fourth-order valence-corrected chi connectivity index (χ4v) is 4.25. The number of thioether (sulfide) groups is 1. The summed E-state index contributed by atoms with van der Waals surface area (Å²) in [6.07, 6.45) is -3.83. The molecule has 0 aliphatic carbocycles. The van der Waals surface area contributed by atoms with Crippen LogP contribution in [0.2, 0.25) is 5.02 Å². The Bertz CT molecular complexity index is 1480. The van der Waals surface area contributed by atoms with Gasteiger partial charge < -0.3 is 4.74 Å². The van der Waals surface area contributed by atoms with Gasteiger partial charge in [0.2, 0.25) is 5.82 Å². The maximum Gasteiger partial charge on any atom is 0.390 e. The van der Waals surface area contributed by atoms with Gasteiger partial charge in [0, 0.05) is 22.0 Å². The van der Waals surface area contributed by atoms with Crippen LogP contribution in [-0.2, 0) is 17.8 Å². The number of halogens is 4. The summed E-state index contributed by atoms with van der Waals surface area (Å²) in [5, 5.41) is 9.07. The van der Waals surface area contributed by atoms with Crippen molar-refractivity contribution in [1.82, 2.24) is 29.1 Å². The molecule has 2 heterocycles. The molecule has 0 unspecified atom stereocenters. The third kappa shape index (κ3) is 5.88. The lowest BCUT2D eigenvalue weighted by molar-refractivity contribution is -0.136. The summed E-state index contributed by atoms with van der Waals surface area (Å²) in [5.74, 6) is -0.797. The number of benzene rings is 2. The second-order valence-corrected chi connectivity index (χ2v) is 9.00. The zero-order valence-corrected chi connectivity index (χ0v) is 21.1. The Morgan fingerprint density at radius 1 is 1.11 bits per heavy atom. The number of nitrogens with zero attached hydrogens (tertiary/aromatic N) is 6. The number of hydrogen-bond donors (Lipinski definition) is 0. The van der Waals surface area contributed by atoms with Gasteiger partial charge in [-0.2, -0.15) is 13.2 Å². The lowest BCUT2D eigenvalue weighted by Gasteiger charge is -2.08. The molecule has 0 atom stereocenters. The Morgan fingerprint density at radius 3 is 2.46 bits per heavy atom. The highest BCUT2D eigenvalue weighted by atomic mass is 35.5. The Balaban J connectivity index is 1.78. The van der Waals surface area contributed by atoms with Crippen molar-refractivity contribution in [2.45, 2.75) is 30.6 Å². The van der Waals surface area contributed by atoms with Crippen LogP contribution < -0.4 is 5.69 Å². The second-order valence-electron chi connectivity index (χ2n) is 7.71. The number of carbonyl (C=O) groups excluding carboxylic acids is 1. The molecule has 0 saturated carbocycles. The average molecular weight is 553 g/mol. The Morgan fingerprint density at radius 2 is 1.81 bits per heavy atom. The summed E-state index contributed by atoms with van der Waals surface area (Å²) < 4.78 is 46.9. The summed E-state index contributed by atoms with van der Waals surface area (Å²) in [6.45, 7) is -0.923. The molecule has 0 spiro atoms. The molecule has 14 heteroatoms. The minimum atomic E-state index is -4.47. The molecule has 2 aromatic carbocycles. The molecule has 0 bridgehead atoms. The molecule has 0 saturated heterocycles. The van der Waals surface area contributed by atoms with Gasteiger partial charge >= 0.3 is 17.8 Å². The molecular weight excluding hydrogens is 533 g/mol. The van der Waals surface area contributed by atoms with Gasteiger partial charge in [-0.25, -0.2) is 23.9 Å². The maximum atomic E-state index is 13.1. The summed E-state index contributed by atoms with van der Waals surface area (Å²) in [6, 6.07) is 13.4. The van der Waals surface area contributed by atoms with Crippen molar-refractivity contribution in [3.63, 3.8) is 0 Å². The van der Waals surface area contributed by atoms with E-state index in [4.69, 9.17) is 16.3 Å². The highest BCUT2D eigenvalue weighted by Crippen LogP contribution is 2.25. The third-order valence-corrected chi connectivity index (χ3v) is 6.30. The average Bonchev–Trinajstić information content (AvgIpc) is 3.43. The highest BCUT2D eigenvalue weighted by Gasteiger charge is 2.29. The van der Waals surface area contributed by atoms with Crippen LogP contribution in [0, 0.1) is 0 Å². The van der Waals surface area contributed by atoms with Crippen LogP contribution in [0.3, 0.4) is 0 Å². The molecule has 4 aromatic rings. The minimum absolute atomic E-state index is 0.0336. The van der Waals surface area contributed by atoms with Gasteiger partial charge in [-0.3, -0.25) is 4.57 Å². The van der Waals surface area contributed by atoms with Crippen LogP contribution in [0.1, 0.15) is 22.9 Å². The lowest BCUT2D eigenvalue weighted by atomic mass is 10.2. The van der Waals surface area contributed by atoms with E-state index < -0.39 is 30.8 Å². The van der Waals surface area contributed by atoms with Gasteiger partial charge in [-0.05, 0) is 42.7 Å². The van der Waals surface area contributed by atoms with Crippen molar-refractivity contribution in [1.29, 1.82) is 0 Å². The SMILES string of the molecule is COC(=O)c1nc(Cn2nc(-c3ccc(Cl)cc3)n(CCC(F)(F)F)c2=O)nn1-c1ccccc1SC. The van der Waals surface area contributed by atoms with E-state index in [-0.39, 0.29) is 24.0 Å². The van der Waals surface area contributed by atoms with Gasteiger partial charge in [0.25, 0.3) is 0 Å². The topological polar surface area (TPSA) is 96.8 Å². The van der Waals surface area contributed by atoms with E-state index in [1.54, 1.807) is 36.4 Å². The van der Waals surface area contributed by atoms with Crippen LogP contribution >= 0.6 is 23.4 Å². The van der Waals surface area contributed by atoms with Crippen molar-refractivity contribution in [2.24, 2.45) is 0 Å². The van der Waals surface area contributed by atoms with E-state index in [0.29, 0.717) is 16.3 Å². The van der Waals surface area contributed by atoms with E-state index in [1.165, 1.54) is 23.6 Å². The Kier molecular flexibility index (Phi) is 7.73. The first-order valence-electron chi connectivity index (χ1n) is 10.8. The Hall–Kier alpha value is -3.58. The van der Waals surface area contributed by atoms with Gasteiger partial charge in [-0.1, -0.05) is 23.7 Å². The number of rotatable bonds is 8. The predicted molar refractivity (Wildman–Crippen MR) is 131 cm³/mol. The summed E-state index contributed by atoms with van der Waals surface area (Å²) in [4.78, 5) is 30.6. The number of para-hydroxylation sites is 1. The maximum absolute atomic E-state index is 13.1. The molecule has 0 N–H and O–H groups in total. The number of ether oxygens (including phenoxy) is 1. The van der Waals surface area contributed by atoms with Gasteiger partial charge in [0.05, 0.1) is 19.2 Å². The quantitative estimate of drug-likeness (QED) is 0.235. The first-order chi connectivity index (χ1) is 17.6. The second kappa shape index (κ2) is 10.8. The minimum Gasteiger partial charge on any atom is -0.463 e. The zero-order chi connectivity index (χ0) is 26.7. The molecule has 194 valence electrons.